The van der Waals surface area contributed by atoms with Gasteiger partial charge in [-0.25, -0.2) is 0 Å². The van der Waals surface area contributed by atoms with Gasteiger partial charge in [0.1, 0.15) is 0 Å². The second-order valence-electron chi connectivity index (χ2n) is 10.3. The molecule has 1 aliphatic carbocycles. The Morgan fingerprint density at radius 2 is 1.44 bits per heavy atom. The molecule has 1 atom stereocenters. The molecule has 0 N–H and O–H groups in total. The number of hydrogen-bond donors (Lipinski definition) is 0. The molecule has 181 valence electrons. The Kier molecular flexibility index (Phi) is 8.43. The molecule has 5 heteroatoms. The molecule has 2 aliphatic heterocycles. The van der Waals surface area contributed by atoms with Crippen LogP contribution < -0.4 is 24.8 Å². The number of allylic oxidation sites excluding steroid dienone is 1. The average molecular weight is 607 g/mol. The van der Waals surface area contributed by atoms with Crippen molar-refractivity contribution >= 4 is 34.8 Å². The van der Waals surface area contributed by atoms with Crippen LogP contribution in [0.4, 0.5) is 0 Å². The second-order valence-corrected chi connectivity index (χ2v) is 14.8. The van der Waals surface area contributed by atoms with E-state index < -0.39 is 8.07 Å². The van der Waals surface area contributed by atoms with Crippen LogP contribution in [0, 0.1) is 13.8 Å². The molecule has 0 spiro atoms. The summed E-state index contributed by atoms with van der Waals surface area (Å²) in [7, 11) is -1.19. The van der Waals surface area contributed by atoms with Crippen LogP contribution in [0.1, 0.15) is 35.0 Å². The van der Waals surface area contributed by atoms with Gasteiger partial charge in [-0.3, -0.25) is 0 Å². The van der Waals surface area contributed by atoms with Gasteiger partial charge < -0.3 is 29.4 Å². The van der Waals surface area contributed by atoms with Crippen molar-refractivity contribution in [3.8, 4) is 5.69 Å². The van der Waals surface area contributed by atoms with Gasteiger partial charge in [0.2, 0.25) is 0 Å². The molecule has 1 nitrogen and oxygen atoms in total. The number of aromatic nitrogens is 1. The SMILES string of the molecule is CC1=C2c3c(cc(C)n3-c3ccccc3)C1[Si]2(C)C.Cc1cc2c(ccc3ccccc32)[cH-]1.[Cl-].[Cl-].[Zr+3]. The quantitative estimate of drug-likeness (QED) is 0.204. The van der Waals surface area contributed by atoms with Gasteiger partial charge in [-0.15, -0.1) is 28.5 Å². The molecule has 1 unspecified atom stereocenters. The molecule has 2 bridgehead atoms. The molecule has 1 aromatic heterocycles. The number of nitrogens with zero attached hydrogens (tertiary/aromatic N) is 1. The van der Waals surface area contributed by atoms with Gasteiger partial charge in [-0.05, 0) is 48.2 Å². The van der Waals surface area contributed by atoms with Crippen molar-refractivity contribution in [1.29, 1.82) is 0 Å². The Labute approximate surface area is 246 Å². The summed E-state index contributed by atoms with van der Waals surface area (Å²) >= 11 is 0. The summed E-state index contributed by atoms with van der Waals surface area (Å²) < 4.78 is 2.47. The van der Waals surface area contributed by atoms with E-state index in [0.29, 0.717) is 0 Å². The van der Waals surface area contributed by atoms with E-state index in [0.717, 1.165) is 5.54 Å². The molecular formula is C31H30Cl2NSiZr. The van der Waals surface area contributed by atoms with Gasteiger partial charge >= 0.3 is 26.2 Å². The van der Waals surface area contributed by atoms with Crippen LogP contribution in [-0.4, -0.2) is 12.6 Å². The zero-order valence-corrected chi connectivity index (χ0v) is 26.3. The molecule has 3 aliphatic rings. The van der Waals surface area contributed by atoms with Crippen molar-refractivity contribution in [2.75, 3.05) is 0 Å². The minimum atomic E-state index is -1.19. The minimum Gasteiger partial charge on any atom is -1.00 e. The van der Waals surface area contributed by atoms with Crippen LogP contribution in [0.25, 0.3) is 32.4 Å². The molecular weight excluding hydrogens is 577 g/mol. The summed E-state index contributed by atoms with van der Waals surface area (Å²) in [6.07, 6.45) is 0. The van der Waals surface area contributed by atoms with Gasteiger partial charge in [-0.1, -0.05) is 79.5 Å². The Bertz CT molecular complexity index is 1580. The number of halogens is 2. The molecule has 8 rings (SSSR count). The maximum atomic E-state index is 2.52. The van der Waals surface area contributed by atoms with E-state index in [1.54, 1.807) is 16.3 Å². The van der Waals surface area contributed by atoms with Gasteiger partial charge in [0.25, 0.3) is 0 Å². The smallest absolute Gasteiger partial charge is 1.00 e. The largest absolute Gasteiger partial charge is 3.00 e. The monoisotopic (exact) mass is 604 g/mol. The number of para-hydroxylation sites is 1. The Hall–Kier alpha value is -1.77. The molecule has 0 saturated heterocycles. The summed E-state index contributed by atoms with van der Waals surface area (Å²) in [6.45, 7) is 11.8. The zero-order chi connectivity index (χ0) is 22.9. The Balaban J connectivity index is 0.000000192. The molecule has 1 radical (unpaired) electrons. The van der Waals surface area contributed by atoms with Crippen molar-refractivity contribution in [3.05, 3.63) is 113 Å². The summed E-state index contributed by atoms with van der Waals surface area (Å²) in [5.74, 6) is 0. The van der Waals surface area contributed by atoms with Crippen molar-refractivity contribution < 1.29 is 51.0 Å². The Morgan fingerprint density at radius 1 is 0.778 bits per heavy atom. The number of fused-ring (bicyclic) bond motifs is 3. The average Bonchev–Trinajstić information content (AvgIpc) is 3.48. The van der Waals surface area contributed by atoms with E-state index >= 15 is 0 Å². The summed E-state index contributed by atoms with van der Waals surface area (Å²) in [5.41, 5.74) is 9.58. The van der Waals surface area contributed by atoms with Crippen LogP contribution >= 0.6 is 0 Å². The minimum absolute atomic E-state index is 0. The van der Waals surface area contributed by atoms with Crippen LogP contribution in [0.3, 0.4) is 0 Å². The summed E-state index contributed by atoms with van der Waals surface area (Å²) in [4.78, 5) is 0. The second kappa shape index (κ2) is 10.5. The fourth-order valence-corrected chi connectivity index (χ4v) is 10.9. The maximum absolute atomic E-state index is 2.52. The molecule has 4 aromatic carbocycles. The normalized spacial score (nSPS) is 16.2. The number of hydrogen-bond acceptors (Lipinski definition) is 0. The zero-order valence-electron chi connectivity index (χ0n) is 21.4. The fraction of sp³-hybridized carbons (Fsp3) is 0.194. The van der Waals surface area contributed by atoms with Crippen molar-refractivity contribution in [2.45, 2.75) is 39.4 Å². The van der Waals surface area contributed by atoms with Gasteiger partial charge in [-0.2, -0.15) is 6.07 Å². The van der Waals surface area contributed by atoms with Crippen LogP contribution in [0.15, 0.2) is 90.5 Å². The predicted molar refractivity (Wildman–Crippen MR) is 145 cm³/mol. The van der Waals surface area contributed by atoms with E-state index in [1.165, 1.54) is 44.2 Å². The van der Waals surface area contributed by atoms with Crippen LogP contribution in [0.2, 0.25) is 13.1 Å². The van der Waals surface area contributed by atoms with E-state index in [1.807, 2.05) is 0 Å². The van der Waals surface area contributed by atoms with Gasteiger partial charge in [0.05, 0.1) is 8.07 Å². The fourth-order valence-electron chi connectivity index (χ4n) is 6.54. The molecule has 0 fully saturated rings. The van der Waals surface area contributed by atoms with Gasteiger partial charge in [0.15, 0.2) is 0 Å². The molecule has 0 amide bonds. The van der Waals surface area contributed by atoms with Crippen LogP contribution in [-0.2, 0) is 26.2 Å². The molecule has 3 heterocycles. The van der Waals surface area contributed by atoms with Crippen molar-refractivity contribution in [2.24, 2.45) is 0 Å². The predicted octanol–water partition coefficient (Wildman–Crippen LogP) is 2.48. The first kappa shape index (κ1) is 28.8. The van der Waals surface area contributed by atoms with E-state index in [2.05, 4.69) is 123 Å². The van der Waals surface area contributed by atoms with E-state index in [-0.39, 0.29) is 51.0 Å². The number of aryl methyl sites for hydroxylation is 2. The number of rotatable bonds is 1. The molecule has 0 saturated carbocycles. The third kappa shape index (κ3) is 4.23. The van der Waals surface area contributed by atoms with Crippen molar-refractivity contribution in [1.82, 2.24) is 4.57 Å². The third-order valence-corrected chi connectivity index (χ3v) is 11.8. The first-order valence-electron chi connectivity index (χ1n) is 11.9. The molecule has 36 heavy (non-hydrogen) atoms. The standard InChI is InChI=1S/C17H19NSi.C14H11.2ClH.Zr/c1-11-10-14-15(17-12(2)16(14)19(17,3)4)18(11)13-8-6-5-7-9-13;1-10-8-12-7-6-11-4-2-3-5-13(11)14(12)9-10;;;/h5-10,16H,1-4H3;2-9H,1H3;2*1H;/q;-1;;;+3/p-2. The van der Waals surface area contributed by atoms with Crippen LogP contribution in [0.5, 0.6) is 0 Å². The summed E-state index contributed by atoms with van der Waals surface area (Å²) in [6, 6.07) is 30.6. The molecule has 5 aromatic rings. The van der Waals surface area contributed by atoms with E-state index in [9.17, 15) is 0 Å². The maximum Gasteiger partial charge on any atom is 3.00 e. The van der Waals surface area contributed by atoms with Crippen molar-refractivity contribution in [3.63, 3.8) is 0 Å². The third-order valence-electron chi connectivity index (χ3n) is 7.73. The van der Waals surface area contributed by atoms with E-state index in [4.69, 9.17) is 0 Å². The Morgan fingerprint density at radius 3 is 2.14 bits per heavy atom. The topological polar surface area (TPSA) is 4.93 Å². The first-order valence-corrected chi connectivity index (χ1v) is 15.0. The van der Waals surface area contributed by atoms with Gasteiger partial charge in [0, 0.05) is 22.6 Å². The summed E-state index contributed by atoms with van der Waals surface area (Å²) in [5, 5.41) is 7.12. The number of benzene rings is 3. The first-order chi connectivity index (χ1) is 15.9.